The van der Waals surface area contributed by atoms with Crippen molar-refractivity contribution in [2.75, 3.05) is 0 Å². The lowest BCUT2D eigenvalue weighted by molar-refractivity contribution is 0.426. The average Bonchev–Trinajstić information content (AvgIpc) is 3.78. The third-order valence-corrected chi connectivity index (χ3v) is 9.48. The molecule has 0 N–H and O–H groups in total. The number of para-hydroxylation sites is 2. The molecule has 45 heavy (non-hydrogen) atoms. The summed E-state index contributed by atoms with van der Waals surface area (Å²) < 4.78 is 18.5. The molecule has 6 aromatic carbocycles. The van der Waals surface area contributed by atoms with Gasteiger partial charge in [-0.1, -0.05) is 78.9 Å². The molecule has 3 nitrogen and oxygen atoms in total. The predicted octanol–water partition coefficient (Wildman–Crippen LogP) is 11.7. The Morgan fingerprint density at radius 1 is 0.444 bits per heavy atom. The molecule has 3 heteroatoms. The number of hydrogen-bond donors (Lipinski definition) is 0. The van der Waals surface area contributed by atoms with E-state index in [9.17, 15) is 0 Å². The fourth-order valence-corrected chi connectivity index (χ4v) is 7.20. The Labute approximate surface area is 259 Å². The molecule has 1 aliphatic heterocycles. The highest BCUT2D eigenvalue weighted by Gasteiger charge is 2.32. The van der Waals surface area contributed by atoms with E-state index < -0.39 is 0 Å². The van der Waals surface area contributed by atoms with E-state index in [0.717, 1.165) is 67.4 Å². The van der Waals surface area contributed by atoms with Crippen molar-refractivity contribution < 1.29 is 13.6 Å². The molecular weight excluding hydrogens is 552 g/mol. The summed E-state index contributed by atoms with van der Waals surface area (Å²) in [4.78, 5) is 0. The van der Waals surface area contributed by atoms with Gasteiger partial charge in [-0.2, -0.15) is 0 Å². The molecule has 0 fully saturated rings. The molecular formula is C42H26O3. The van der Waals surface area contributed by atoms with Crippen LogP contribution in [0, 0.1) is 0 Å². The number of allylic oxidation sites excluding steroid dienone is 4. The Bertz CT molecular complexity index is 2560. The van der Waals surface area contributed by atoms with Crippen LogP contribution in [-0.2, 0) is 0 Å². The summed E-state index contributed by atoms with van der Waals surface area (Å²) in [6, 6.07) is 44.9. The Hall–Kier alpha value is -5.80. The van der Waals surface area contributed by atoms with Crippen molar-refractivity contribution in [2.45, 2.75) is 12.3 Å². The zero-order valence-electron chi connectivity index (χ0n) is 24.3. The van der Waals surface area contributed by atoms with Crippen molar-refractivity contribution in [3.63, 3.8) is 0 Å². The molecule has 2 aliphatic rings. The van der Waals surface area contributed by atoms with E-state index in [4.69, 9.17) is 13.6 Å². The lowest BCUT2D eigenvalue weighted by Crippen LogP contribution is -2.04. The molecule has 0 spiro atoms. The third-order valence-electron chi connectivity index (χ3n) is 9.48. The minimum absolute atomic E-state index is 0.268. The van der Waals surface area contributed by atoms with Gasteiger partial charge in [0.2, 0.25) is 0 Å². The Balaban J connectivity index is 1.02. The quantitative estimate of drug-likeness (QED) is 0.209. The van der Waals surface area contributed by atoms with E-state index in [0.29, 0.717) is 0 Å². The molecule has 0 radical (unpaired) electrons. The van der Waals surface area contributed by atoms with Crippen LogP contribution in [0.3, 0.4) is 0 Å². The molecule has 8 aromatic rings. The van der Waals surface area contributed by atoms with Gasteiger partial charge in [-0.3, -0.25) is 0 Å². The average molecular weight is 579 g/mol. The number of furan rings is 2. The molecule has 3 heterocycles. The van der Waals surface area contributed by atoms with Gasteiger partial charge in [0.1, 0.15) is 33.8 Å². The van der Waals surface area contributed by atoms with E-state index in [1.54, 1.807) is 0 Å². The van der Waals surface area contributed by atoms with Crippen LogP contribution in [-0.4, -0.2) is 0 Å². The summed E-state index contributed by atoms with van der Waals surface area (Å²) >= 11 is 0. The maximum atomic E-state index is 6.30. The van der Waals surface area contributed by atoms with Gasteiger partial charge in [0.25, 0.3) is 0 Å². The van der Waals surface area contributed by atoms with Crippen LogP contribution < -0.4 is 4.74 Å². The van der Waals surface area contributed by atoms with Gasteiger partial charge >= 0.3 is 0 Å². The molecule has 212 valence electrons. The fourth-order valence-electron chi connectivity index (χ4n) is 7.20. The second kappa shape index (κ2) is 9.35. The Kier molecular flexibility index (Phi) is 5.11. The molecule has 0 amide bonds. The molecule has 1 atom stereocenters. The molecule has 0 saturated heterocycles. The first kappa shape index (κ1) is 24.6. The van der Waals surface area contributed by atoms with Gasteiger partial charge in [-0.15, -0.1) is 0 Å². The third kappa shape index (κ3) is 3.84. The number of fused-ring (bicyclic) bond motifs is 9. The highest BCUT2D eigenvalue weighted by atomic mass is 16.5. The van der Waals surface area contributed by atoms with E-state index in [2.05, 4.69) is 121 Å². The lowest BCUT2D eigenvalue weighted by atomic mass is 9.85. The smallest absolute Gasteiger partial charge is 0.135 e. The molecule has 2 aromatic heterocycles. The van der Waals surface area contributed by atoms with Crippen LogP contribution >= 0.6 is 0 Å². The van der Waals surface area contributed by atoms with Gasteiger partial charge in [0.15, 0.2) is 0 Å². The van der Waals surface area contributed by atoms with E-state index in [-0.39, 0.29) is 5.92 Å². The van der Waals surface area contributed by atoms with E-state index >= 15 is 0 Å². The summed E-state index contributed by atoms with van der Waals surface area (Å²) in [5.41, 5.74) is 12.1. The maximum absolute atomic E-state index is 6.30. The van der Waals surface area contributed by atoms with Crippen LogP contribution in [0.5, 0.6) is 5.75 Å². The monoisotopic (exact) mass is 578 g/mol. The van der Waals surface area contributed by atoms with Crippen LogP contribution in [0.2, 0.25) is 0 Å². The second-order valence-corrected chi connectivity index (χ2v) is 12.1. The summed E-state index contributed by atoms with van der Waals surface area (Å²) in [6.45, 7) is 0. The van der Waals surface area contributed by atoms with Gasteiger partial charge in [0, 0.05) is 33.0 Å². The van der Waals surface area contributed by atoms with Crippen LogP contribution in [0.4, 0.5) is 0 Å². The fraction of sp³-hybridized carbons (Fsp3) is 0.0476. The van der Waals surface area contributed by atoms with Gasteiger partial charge in [-0.05, 0) is 100 Å². The molecule has 1 unspecified atom stereocenters. The van der Waals surface area contributed by atoms with Crippen LogP contribution in [0.15, 0.2) is 154 Å². The molecule has 1 aliphatic carbocycles. The van der Waals surface area contributed by atoms with Gasteiger partial charge in [-0.25, -0.2) is 0 Å². The summed E-state index contributed by atoms with van der Waals surface area (Å²) in [5.74, 6) is 2.29. The van der Waals surface area contributed by atoms with Gasteiger partial charge < -0.3 is 13.6 Å². The van der Waals surface area contributed by atoms with Crippen molar-refractivity contribution in [1.29, 1.82) is 0 Å². The predicted molar refractivity (Wildman–Crippen MR) is 182 cm³/mol. The Morgan fingerprint density at radius 3 is 1.78 bits per heavy atom. The van der Waals surface area contributed by atoms with Crippen molar-refractivity contribution in [3.05, 3.63) is 156 Å². The normalized spacial score (nSPS) is 15.7. The summed E-state index contributed by atoms with van der Waals surface area (Å²) in [5, 5.41) is 4.55. The summed E-state index contributed by atoms with van der Waals surface area (Å²) in [7, 11) is 0. The minimum Gasteiger partial charge on any atom is -0.461 e. The zero-order valence-corrected chi connectivity index (χ0v) is 24.3. The van der Waals surface area contributed by atoms with E-state index in [1.165, 1.54) is 33.4 Å². The van der Waals surface area contributed by atoms with Crippen LogP contribution in [0.25, 0.3) is 71.7 Å². The largest absolute Gasteiger partial charge is 0.461 e. The highest BCUT2D eigenvalue weighted by molar-refractivity contribution is 6.08. The second-order valence-electron chi connectivity index (χ2n) is 12.1. The topological polar surface area (TPSA) is 35.5 Å². The number of ether oxygens (including phenoxy) is 1. The molecule has 10 rings (SSSR count). The Morgan fingerprint density at radius 2 is 1.02 bits per heavy atom. The maximum Gasteiger partial charge on any atom is 0.135 e. The number of benzene rings is 6. The van der Waals surface area contributed by atoms with Crippen molar-refractivity contribution in [1.82, 2.24) is 0 Å². The number of hydrogen-bond acceptors (Lipinski definition) is 3. The number of rotatable bonds is 3. The first-order valence-corrected chi connectivity index (χ1v) is 15.4. The van der Waals surface area contributed by atoms with Gasteiger partial charge in [0.05, 0.1) is 0 Å². The van der Waals surface area contributed by atoms with Crippen LogP contribution in [0.1, 0.15) is 23.5 Å². The summed E-state index contributed by atoms with van der Waals surface area (Å²) in [6.07, 6.45) is 5.27. The highest BCUT2D eigenvalue weighted by Crippen LogP contribution is 2.48. The molecule has 0 bridgehead atoms. The molecule has 0 saturated carbocycles. The first-order chi connectivity index (χ1) is 22.2. The van der Waals surface area contributed by atoms with E-state index in [1.807, 2.05) is 18.2 Å². The minimum atomic E-state index is 0.268. The SMILES string of the molecule is C1=C(c2ccc3oc4ccc(-c5cccc(-c6ccc7oc8ccccc8c7c6)c5)cc4c3c2)CC2C(=C1)Oc1ccccc12. The standard InChI is InChI=1S/C42H26O3/c1-3-10-37-31(8-1)33-21-27(12-16-39(33)43-37)25-6-5-7-26(20-25)28-13-18-41-35(23-28)36-24-30(15-19-42(36)45-41)29-14-17-40-34(22-29)32-9-2-4-11-38(32)44-40/h1-21,23-24,34H,22H2. The van der Waals surface area contributed by atoms with Crippen molar-refractivity contribution in [3.8, 4) is 28.0 Å². The van der Waals surface area contributed by atoms with Crippen molar-refractivity contribution >= 4 is 49.5 Å². The zero-order chi connectivity index (χ0) is 29.5. The first-order valence-electron chi connectivity index (χ1n) is 15.4. The lowest BCUT2D eigenvalue weighted by Gasteiger charge is -2.18. The van der Waals surface area contributed by atoms with Crippen molar-refractivity contribution in [2.24, 2.45) is 0 Å².